The quantitative estimate of drug-likeness (QED) is 0.499. The second-order valence-corrected chi connectivity index (χ2v) is 8.75. The van der Waals surface area contributed by atoms with Gasteiger partial charge >= 0.3 is 0 Å². The van der Waals surface area contributed by atoms with Gasteiger partial charge in [0.1, 0.15) is 18.9 Å². The molecular formula is C21H26N2O5S. The highest BCUT2D eigenvalue weighted by Crippen LogP contribution is 2.20. The molecule has 0 heterocycles. The Hall–Kier alpha value is -2.87. The van der Waals surface area contributed by atoms with Crippen LogP contribution in [0.25, 0.3) is 0 Å². The smallest absolute Gasteiger partial charge is 0.240 e. The average molecular weight is 419 g/mol. The molecule has 0 atom stereocenters. The van der Waals surface area contributed by atoms with E-state index in [1.807, 2.05) is 32.0 Å². The van der Waals surface area contributed by atoms with Crippen molar-refractivity contribution in [3.05, 3.63) is 59.2 Å². The van der Waals surface area contributed by atoms with Crippen LogP contribution in [0.4, 0.5) is 5.69 Å². The third-order valence-corrected chi connectivity index (χ3v) is 5.38. The fraction of sp³-hybridized carbons (Fsp3) is 0.333. The molecule has 0 aliphatic carbocycles. The van der Waals surface area contributed by atoms with E-state index in [1.165, 1.54) is 13.0 Å². The highest BCUT2D eigenvalue weighted by molar-refractivity contribution is 7.92. The first-order valence-electron chi connectivity index (χ1n) is 9.13. The zero-order valence-electron chi connectivity index (χ0n) is 17.1. The number of hydrogen-bond acceptors (Lipinski definition) is 5. The Morgan fingerprint density at radius 3 is 2.45 bits per heavy atom. The number of aryl methyl sites for hydroxylation is 2. The lowest BCUT2D eigenvalue weighted by Gasteiger charge is -2.22. The molecule has 0 fully saturated rings. The molecular weight excluding hydrogens is 392 g/mol. The summed E-state index contributed by atoms with van der Waals surface area (Å²) >= 11 is 0. The molecule has 0 bridgehead atoms. The van der Waals surface area contributed by atoms with Gasteiger partial charge in [-0.2, -0.15) is 0 Å². The van der Waals surface area contributed by atoms with Crippen LogP contribution >= 0.6 is 0 Å². The van der Waals surface area contributed by atoms with Crippen LogP contribution in [-0.4, -0.2) is 46.1 Å². The summed E-state index contributed by atoms with van der Waals surface area (Å²) in [6.45, 7) is 5.44. The first-order valence-corrected chi connectivity index (χ1v) is 11.0. The predicted molar refractivity (Wildman–Crippen MR) is 113 cm³/mol. The minimum atomic E-state index is -3.71. The highest BCUT2D eigenvalue weighted by Gasteiger charge is 2.21. The van der Waals surface area contributed by atoms with E-state index < -0.39 is 15.9 Å². The van der Waals surface area contributed by atoms with E-state index in [9.17, 15) is 18.0 Å². The summed E-state index contributed by atoms with van der Waals surface area (Å²) in [5.74, 6) is 0.0878. The number of sulfonamides is 1. The van der Waals surface area contributed by atoms with Crippen LogP contribution in [0.5, 0.6) is 5.75 Å². The van der Waals surface area contributed by atoms with Crippen molar-refractivity contribution in [3.63, 3.8) is 0 Å². The van der Waals surface area contributed by atoms with Crippen LogP contribution in [0.1, 0.15) is 28.4 Å². The molecule has 0 aliphatic rings. The highest BCUT2D eigenvalue weighted by atomic mass is 32.2. The van der Waals surface area contributed by atoms with Crippen LogP contribution in [0, 0.1) is 13.8 Å². The summed E-state index contributed by atoms with van der Waals surface area (Å²) in [4.78, 5) is 23.8. The number of benzene rings is 2. The summed E-state index contributed by atoms with van der Waals surface area (Å²) in [7, 11) is -3.71. The number of ether oxygens (including phenoxy) is 1. The molecule has 2 aromatic carbocycles. The van der Waals surface area contributed by atoms with Crippen LogP contribution in [-0.2, 0) is 14.8 Å². The van der Waals surface area contributed by atoms with Crippen molar-refractivity contribution >= 4 is 27.4 Å². The molecule has 7 nitrogen and oxygen atoms in total. The molecule has 0 aliphatic heterocycles. The minimum Gasteiger partial charge on any atom is -0.491 e. The van der Waals surface area contributed by atoms with Gasteiger partial charge in [0.25, 0.3) is 0 Å². The summed E-state index contributed by atoms with van der Waals surface area (Å²) in [6.07, 6.45) is 1.02. The third-order valence-electron chi connectivity index (χ3n) is 4.24. The number of nitrogens with one attached hydrogen (secondary N) is 1. The number of carbonyl (C=O) groups is 2. The lowest BCUT2D eigenvalue weighted by atomic mass is 10.1. The number of anilines is 1. The van der Waals surface area contributed by atoms with Gasteiger partial charge in [0, 0.05) is 5.56 Å². The molecule has 29 heavy (non-hydrogen) atoms. The van der Waals surface area contributed by atoms with Crippen LogP contribution in [0.2, 0.25) is 0 Å². The molecule has 0 unspecified atom stereocenters. The number of rotatable bonds is 9. The molecule has 1 amide bonds. The second-order valence-electron chi connectivity index (χ2n) is 6.84. The van der Waals surface area contributed by atoms with Gasteiger partial charge in [-0.15, -0.1) is 0 Å². The Bertz CT molecular complexity index is 1000. The Balaban J connectivity index is 1.97. The molecule has 0 saturated carbocycles. The fourth-order valence-corrected chi connectivity index (χ4v) is 3.63. The molecule has 0 radical (unpaired) electrons. The maximum absolute atomic E-state index is 12.3. The first kappa shape index (κ1) is 22.4. The van der Waals surface area contributed by atoms with Gasteiger partial charge in [0.15, 0.2) is 5.78 Å². The molecule has 8 heteroatoms. The van der Waals surface area contributed by atoms with Crippen molar-refractivity contribution in [2.45, 2.75) is 20.8 Å². The van der Waals surface area contributed by atoms with E-state index in [0.717, 1.165) is 27.4 Å². The summed E-state index contributed by atoms with van der Waals surface area (Å²) in [5.41, 5.74) is 2.78. The monoisotopic (exact) mass is 418 g/mol. The fourth-order valence-electron chi connectivity index (χ4n) is 2.78. The molecule has 2 aromatic rings. The van der Waals surface area contributed by atoms with Gasteiger partial charge in [0.05, 0.1) is 18.5 Å². The van der Waals surface area contributed by atoms with Crippen molar-refractivity contribution in [2.24, 2.45) is 0 Å². The number of ketones is 1. The topological polar surface area (TPSA) is 92.8 Å². The van der Waals surface area contributed by atoms with Crippen molar-refractivity contribution < 1.29 is 22.7 Å². The van der Waals surface area contributed by atoms with E-state index in [4.69, 9.17) is 4.74 Å². The maximum atomic E-state index is 12.3. The third kappa shape index (κ3) is 6.60. The predicted octanol–water partition coefficient (Wildman–Crippen LogP) is 2.47. The van der Waals surface area contributed by atoms with Gasteiger partial charge in [-0.25, -0.2) is 8.42 Å². The maximum Gasteiger partial charge on any atom is 0.240 e. The van der Waals surface area contributed by atoms with E-state index in [0.29, 0.717) is 5.56 Å². The van der Waals surface area contributed by atoms with Gasteiger partial charge in [-0.05, 0) is 44.5 Å². The van der Waals surface area contributed by atoms with Crippen molar-refractivity contribution in [1.29, 1.82) is 0 Å². The minimum absolute atomic E-state index is 0.187. The largest absolute Gasteiger partial charge is 0.491 e. The Morgan fingerprint density at radius 1 is 1.10 bits per heavy atom. The molecule has 1 N–H and O–H groups in total. The molecule has 156 valence electrons. The van der Waals surface area contributed by atoms with Crippen molar-refractivity contribution in [1.82, 2.24) is 5.32 Å². The SMILES string of the molecule is CC(=O)c1cccc(N(CC(=O)NCCOc2ccc(C)cc2C)S(C)(=O)=O)c1. The Labute approximate surface area is 171 Å². The lowest BCUT2D eigenvalue weighted by molar-refractivity contribution is -0.119. The lowest BCUT2D eigenvalue weighted by Crippen LogP contribution is -2.41. The summed E-state index contributed by atoms with van der Waals surface area (Å²) < 4.78 is 31.0. The Kier molecular flexibility index (Phi) is 7.39. The number of Topliss-reactive ketones (excluding diaryl/α,β-unsaturated/α-hetero) is 1. The van der Waals surface area contributed by atoms with Crippen LogP contribution in [0.15, 0.2) is 42.5 Å². The number of nitrogens with zero attached hydrogens (tertiary/aromatic N) is 1. The average Bonchev–Trinajstić information content (AvgIpc) is 2.64. The molecule has 0 saturated heterocycles. The standard InChI is InChI=1S/C21H26N2O5S/c1-15-8-9-20(16(2)12-15)28-11-10-22-21(25)14-23(29(4,26)27)19-7-5-6-18(13-19)17(3)24/h5-9,12-13H,10-11,14H2,1-4H3,(H,22,25). The van der Waals surface area contributed by atoms with E-state index in [-0.39, 0.29) is 31.2 Å². The number of carbonyl (C=O) groups excluding carboxylic acids is 2. The summed E-state index contributed by atoms with van der Waals surface area (Å²) in [5, 5.41) is 2.66. The van der Waals surface area contributed by atoms with Gasteiger partial charge < -0.3 is 10.1 Å². The molecule has 0 spiro atoms. The van der Waals surface area contributed by atoms with Crippen molar-refractivity contribution in [2.75, 3.05) is 30.3 Å². The van der Waals surface area contributed by atoms with E-state index in [1.54, 1.807) is 18.2 Å². The van der Waals surface area contributed by atoms with Crippen LogP contribution in [0.3, 0.4) is 0 Å². The van der Waals surface area contributed by atoms with E-state index >= 15 is 0 Å². The van der Waals surface area contributed by atoms with Gasteiger partial charge in [0.2, 0.25) is 15.9 Å². The first-order chi connectivity index (χ1) is 13.6. The van der Waals surface area contributed by atoms with E-state index in [2.05, 4.69) is 5.32 Å². The van der Waals surface area contributed by atoms with Gasteiger partial charge in [-0.3, -0.25) is 13.9 Å². The Morgan fingerprint density at radius 2 is 1.83 bits per heavy atom. The number of amides is 1. The summed E-state index contributed by atoms with van der Waals surface area (Å²) in [6, 6.07) is 12.0. The van der Waals surface area contributed by atoms with Crippen LogP contribution < -0.4 is 14.4 Å². The number of hydrogen-bond donors (Lipinski definition) is 1. The zero-order valence-corrected chi connectivity index (χ0v) is 17.9. The molecule has 2 rings (SSSR count). The normalized spacial score (nSPS) is 11.0. The van der Waals surface area contributed by atoms with Crippen molar-refractivity contribution in [3.8, 4) is 5.75 Å². The second kappa shape index (κ2) is 9.56. The van der Waals surface area contributed by atoms with Gasteiger partial charge in [-0.1, -0.05) is 29.8 Å². The molecule has 0 aromatic heterocycles. The zero-order chi connectivity index (χ0) is 21.6.